The van der Waals surface area contributed by atoms with Crippen molar-refractivity contribution in [1.29, 1.82) is 0 Å². The van der Waals surface area contributed by atoms with Gasteiger partial charge in [-0.15, -0.1) is 0 Å². The van der Waals surface area contributed by atoms with E-state index in [9.17, 15) is 9.18 Å². The van der Waals surface area contributed by atoms with Crippen LogP contribution in [0.5, 0.6) is 0 Å². The molecule has 114 valence electrons. The lowest BCUT2D eigenvalue weighted by atomic mass is 10.3. The first-order valence-corrected chi connectivity index (χ1v) is 7.60. The Kier molecular flexibility index (Phi) is 4.34. The third kappa shape index (κ3) is 3.50. The van der Waals surface area contributed by atoms with Crippen LogP contribution in [0, 0.1) is 5.95 Å². The van der Waals surface area contributed by atoms with Crippen LogP contribution in [0.15, 0.2) is 18.2 Å². The average molecular weight is 292 g/mol. The van der Waals surface area contributed by atoms with Crippen molar-refractivity contribution in [2.24, 2.45) is 0 Å². The third-order valence-electron chi connectivity index (χ3n) is 4.21. The van der Waals surface area contributed by atoms with Crippen LogP contribution in [0.3, 0.4) is 0 Å². The monoisotopic (exact) mass is 292 g/mol. The summed E-state index contributed by atoms with van der Waals surface area (Å²) in [4.78, 5) is 22.2. The van der Waals surface area contributed by atoms with Gasteiger partial charge in [-0.1, -0.05) is 6.07 Å². The Morgan fingerprint density at radius 3 is 2.48 bits per heavy atom. The van der Waals surface area contributed by atoms with Crippen molar-refractivity contribution in [2.45, 2.75) is 12.8 Å². The molecule has 2 aliphatic heterocycles. The lowest BCUT2D eigenvalue weighted by molar-refractivity contribution is -0.131. The quantitative estimate of drug-likeness (QED) is 0.778. The first-order valence-electron chi connectivity index (χ1n) is 7.60. The fraction of sp³-hybridized carbons (Fsp3) is 0.600. The van der Waals surface area contributed by atoms with Gasteiger partial charge < -0.3 is 9.80 Å². The highest BCUT2D eigenvalue weighted by Gasteiger charge is 2.23. The van der Waals surface area contributed by atoms with Crippen LogP contribution in [0.1, 0.15) is 12.8 Å². The van der Waals surface area contributed by atoms with E-state index >= 15 is 0 Å². The molecule has 0 unspecified atom stereocenters. The Bertz CT molecular complexity index is 496. The number of likely N-dealkylation sites (tertiary alicyclic amines) is 1. The van der Waals surface area contributed by atoms with Crippen LogP contribution in [0.2, 0.25) is 0 Å². The normalized spacial score (nSPS) is 20.0. The molecule has 6 heteroatoms. The van der Waals surface area contributed by atoms with E-state index in [0.717, 1.165) is 52.1 Å². The van der Waals surface area contributed by atoms with E-state index in [-0.39, 0.29) is 5.91 Å². The zero-order valence-corrected chi connectivity index (χ0v) is 12.2. The van der Waals surface area contributed by atoms with Crippen LogP contribution < -0.4 is 4.90 Å². The number of nitrogens with zero attached hydrogens (tertiary/aromatic N) is 4. The standard InChI is InChI=1S/C15H21FN4O/c16-13-4-3-5-14(17-13)19-10-8-18(9-11-19)12-15(21)20-6-1-2-7-20/h3-5H,1-2,6-12H2. The van der Waals surface area contributed by atoms with Crippen LogP contribution in [-0.2, 0) is 4.79 Å². The Hall–Kier alpha value is -1.69. The predicted octanol–water partition coefficient (Wildman–Crippen LogP) is 0.965. The average Bonchev–Trinajstić information content (AvgIpc) is 3.02. The van der Waals surface area contributed by atoms with E-state index in [2.05, 4.69) is 14.8 Å². The van der Waals surface area contributed by atoms with Crippen molar-refractivity contribution in [2.75, 3.05) is 50.7 Å². The van der Waals surface area contributed by atoms with Gasteiger partial charge in [0.1, 0.15) is 5.82 Å². The van der Waals surface area contributed by atoms with Gasteiger partial charge in [-0.3, -0.25) is 9.69 Å². The van der Waals surface area contributed by atoms with Gasteiger partial charge in [0.25, 0.3) is 0 Å². The Labute approximate surface area is 124 Å². The molecule has 1 aromatic heterocycles. The van der Waals surface area contributed by atoms with E-state index in [0.29, 0.717) is 12.4 Å². The molecule has 0 N–H and O–H groups in total. The molecule has 1 aromatic rings. The highest BCUT2D eigenvalue weighted by molar-refractivity contribution is 5.78. The summed E-state index contributed by atoms with van der Waals surface area (Å²) in [6.45, 7) is 5.52. The number of rotatable bonds is 3. The molecular formula is C15H21FN4O. The second-order valence-corrected chi connectivity index (χ2v) is 5.67. The van der Waals surface area contributed by atoms with E-state index in [1.807, 2.05) is 11.0 Å². The molecule has 3 rings (SSSR count). The first-order chi connectivity index (χ1) is 10.2. The first kappa shape index (κ1) is 14.3. The van der Waals surface area contributed by atoms with Crippen molar-refractivity contribution in [3.05, 3.63) is 24.1 Å². The van der Waals surface area contributed by atoms with Crippen LogP contribution in [0.25, 0.3) is 0 Å². The fourth-order valence-electron chi connectivity index (χ4n) is 2.97. The van der Waals surface area contributed by atoms with Crippen molar-refractivity contribution in [3.8, 4) is 0 Å². The summed E-state index contributed by atoms with van der Waals surface area (Å²) in [5, 5.41) is 0. The molecule has 0 atom stereocenters. The molecule has 21 heavy (non-hydrogen) atoms. The minimum Gasteiger partial charge on any atom is -0.354 e. The molecular weight excluding hydrogens is 271 g/mol. The number of hydrogen-bond donors (Lipinski definition) is 0. The molecule has 0 spiro atoms. The maximum atomic E-state index is 13.1. The van der Waals surface area contributed by atoms with Gasteiger partial charge in [0.2, 0.25) is 11.9 Å². The summed E-state index contributed by atoms with van der Waals surface area (Å²) in [6.07, 6.45) is 2.26. The number of hydrogen-bond acceptors (Lipinski definition) is 4. The molecule has 0 radical (unpaired) electrons. The highest BCUT2D eigenvalue weighted by Crippen LogP contribution is 2.14. The molecule has 3 heterocycles. The molecule has 0 bridgehead atoms. The largest absolute Gasteiger partial charge is 0.354 e. The Morgan fingerprint density at radius 2 is 1.81 bits per heavy atom. The summed E-state index contributed by atoms with van der Waals surface area (Å²) in [6, 6.07) is 4.86. The summed E-state index contributed by atoms with van der Waals surface area (Å²) >= 11 is 0. The number of aromatic nitrogens is 1. The molecule has 5 nitrogen and oxygen atoms in total. The number of carbonyl (C=O) groups excluding carboxylic acids is 1. The van der Waals surface area contributed by atoms with Gasteiger partial charge in [-0.05, 0) is 25.0 Å². The molecule has 2 aliphatic rings. The second-order valence-electron chi connectivity index (χ2n) is 5.67. The lowest BCUT2D eigenvalue weighted by Crippen LogP contribution is -2.50. The fourth-order valence-corrected chi connectivity index (χ4v) is 2.97. The maximum Gasteiger partial charge on any atom is 0.236 e. The van der Waals surface area contributed by atoms with Crippen molar-refractivity contribution >= 4 is 11.7 Å². The van der Waals surface area contributed by atoms with Crippen LogP contribution in [-0.4, -0.2) is 66.5 Å². The topological polar surface area (TPSA) is 39.7 Å². The minimum absolute atomic E-state index is 0.241. The number of pyridine rings is 1. The third-order valence-corrected chi connectivity index (χ3v) is 4.21. The molecule has 0 aromatic carbocycles. The highest BCUT2D eigenvalue weighted by atomic mass is 19.1. The molecule has 1 amide bonds. The van der Waals surface area contributed by atoms with Gasteiger partial charge in [-0.2, -0.15) is 4.39 Å². The lowest BCUT2D eigenvalue weighted by Gasteiger charge is -2.35. The molecule has 0 aliphatic carbocycles. The summed E-state index contributed by atoms with van der Waals surface area (Å²) in [7, 11) is 0. The molecule has 2 fully saturated rings. The molecule has 0 saturated carbocycles. The summed E-state index contributed by atoms with van der Waals surface area (Å²) < 4.78 is 13.1. The molecule has 2 saturated heterocycles. The van der Waals surface area contributed by atoms with E-state index in [1.165, 1.54) is 6.07 Å². The summed E-state index contributed by atoms with van der Waals surface area (Å²) in [5.41, 5.74) is 0. The zero-order valence-electron chi connectivity index (χ0n) is 12.2. The van der Waals surface area contributed by atoms with Gasteiger partial charge >= 0.3 is 0 Å². The van der Waals surface area contributed by atoms with Crippen LogP contribution >= 0.6 is 0 Å². The minimum atomic E-state index is -0.445. The number of amides is 1. The van der Waals surface area contributed by atoms with Crippen molar-refractivity contribution in [3.63, 3.8) is 0 Å². The second kappa shape index (κ2) is 6.39. The number of carbonyl (C=O) groups is 1. The van der Waals surface area contributed by atoms with Crippen LogP contribution in [0.4, 0.5) is 10.2 Å². The number of halogens is 1. The Balaban J connectivity index is 1.49. The number of piperazine rings is 1. The summed E-state index contributed by atoms with van der Waals surface area (Å²) in [5.74, 6) is 0.476. The predicted molar refractivity (Wildman–Crippen MR) is 78.7 cm³/mol. The van der Waals surface area contributed by atoms with Crippen molar-refractivity contribution < 1.29 is 9.18 Å². The van der Waals surface area contributed by atoms with Gasteiger partial charge in [0, 0.05) is 39.3 Å². The van der Waals surface area contributed by atoms with E-state index < -0.39 is 5.95 Å². The number of anilines is 1. The smallest absolute Gasteiger partial charge is 0.236 e. The SMILES string of the molecule is O=C(CN1CCN(c2cccc(F)n2)CC1)N1CCCC1. The van der Waals surface area contributed by atoms with Gasteiger partial charge in [0.15, 0.2) is 0 Å². The zero-order chi connectivity index (χ0) is 14.7. The Morgan fingerprint density at radius 1 is 1.10 bits per heavy atom. The van der Waals surface area contributed by atoms with Crippen molar-refractivity contribution in [1.82, 2.24) is 14.8 Å². The van der Waals surface area contributed by atoms with E-state index in [4.69, 9.17) is 0 Å². The van der Waals surface area contributed by atoms with Gasteiger partial charge in [0.05, 0.1) is 6.54 Å². The van der Waals surface area contributed by atoms with E-state index in [1.54, 1.807) is 6.07 Å². The maximum absolute atomic E-state index is 13.1. The van der Waals surface area contributed by atoms with Gasteiger partial charge in [-0.25, -0.2) is 4.98 Å².